The first-order valence-corrected chi connectivity index (χ1v) is 4.61. The summed E-state index contributed by atoms with van der Waals surface area (Å²) >= 11 is 11.4. The molecule has 5 heteroatoms. The molecule has 0 bridgehead atoms. The Morgan fingerprint density at radius 3 is 2.62 bits per heavy atom. The van der Waals surface area contributed by atoms with Crippen molar-refractivity contribution < 1.29 is 4.79 Å². The first-order valence-electron chi connectivity index (χ1n) is 3.85. The number of carbonyl (C=O) groups excluding carboxylic acids is 1. The molecule has 0 fully saturated rings. The van der Waals surface area contributed by atoms with Crippen LogP contribution in [0.2, 0.25) is 10.2 Å². The number of carbonyl (C=O) groups is 1. The van der Waals surface area contributed by atoms with Gasteiger partial charge in [0.05, 0.1) is 5.02 Å². The number of rotatable bonds is 2. The lowest BCUT2D eigenvalue weighted by Gasteiger charge is -2.12. The average Bonchev–Trinajstić information content (AvgIpc) is 2.44. The van der Waals surface area contributed by atoms with E-state index in [1.165, 1.54) is 6.07 Å². The summed E-state index contributed by atoms with van der Waals surface area (Å²) in [6, 6.07) is 1.53. The summed E-state index contributed by atoms with van der Waals surface area (Å²) in [4.78, 5) is 15.8. The second-order valence-corrected chi connectivity index (χ2v) is 3.45. The van der Waals surface area contributed by atoms with Crippen LogP contribution < -0.4 is 0 Å². The molecule has 0 aromatic carbocycles. The fraction of sp³-hybridized carbons (Fsp3) is 0.375. The molecule has 1 heterocycles. The number of nitrogens with one attached hydrogen (secondary N) is 1. The SMILES string of the molecule is CCN(C)C(=O)c1cc(Cl)c(Cl)[nH]1. The van der Waals surface area contributed by atoms with E-state index >= 15 is 0 Å². The summed E-state index contributed by atoms with van der Waals surface area (Å²) in [5, 5.41) is 0.670. The molecule has 0 atom stereocenters. The highest BCUT2D eigenvalue weighted by Gasteiger charge is 2.14. The molecule has 1 aromatic heterocycles. The van der Waals surface area contributed by atoms with Crippen LogP contribution in [0.1, 0.15) is 17.4 Å². The van der Waals surface area contributed by atoms with E-state index in [0.717, 1.165) is 0 Å². The van der Waals surface area contributed by atoms with E-state index < -0.39 is 0 Å². The number of aromatic amines is 1. The average molecular weight is 221 g/mol. The van der Waals surface area contributed by atoms with Crippen LogP contribution in [0.3, 0.4) is 0 Å². The Bertz CT molecular complexity index is 302. The molecule has 13 heavy (non-hydrogen) atoms. The van der Waals surface area contributed by atoms with Gasteiger partial charge in [0, 0.05) is 13.6 Å². The van der Waals surface area contributed by atoms with Gasteiger partial charge in [-0.15, -0.1) is 0 Å². The summed E-state index contributed by atoms with van der Waals surface area (Å²) in [5.74, 6) is -0.115. The predicted molar refractivity (Wildman–Crippen MR) is 53.4 cm³/mol. The quantitative estimate of drug-likeness (QED) is 0.817. The molecule has 3 nitrogen and oxygen atoms in total. The molecule has 0 unspecified atom stereocenters. The molecule has 0 aliphatic carbocycles. The Hall–Kier alpha value is -0.670. The Balaban J connectivity index is 2.89. The Kier molecular flexibility index (Phi) is 3.22. The van der Waals surface area contributed by atoms with Crippen LogP contribution >= 0.6 is 23.2 Å². The van der Waals surface area contributed by atoms with E-state index in [9.17, 15) is 4.79 Å². The van der Waals surface area contributed by atoms with Crippen LogP contribution in [-0.2, 0) is 0 Å². The van der Waals surface area contributed by atoms with Crippen LogP contribution in [0, 0.1) is 0 Å². The van der Waals surface area contributed by atoms with Crippen molar-refractivity contribution in [2.24, 2.45) is 0 Å². The number of H-pyrrole nitrogens is 1. The third-order valence-electron chi connectivity index (χ3n) is 1.78. The number of hydrogen-bond donors (Lipinski definition) is 1. The predicted octanol–water partition coefficient (Wildman–Crippen LogP) is 2.41. The molecule has 1 aromatic rings. The molecule has 0 aliphatic rings. The fourth-order valence-corrected chi connectivity index (χ4v) is 1.18. The standard InChI is InChI=1S/C8H10Cl2N2O/c1-3-12(2)8(13)6-4-5(9)7(10)11-6/h4,11H,3H2,1-2H3. The zero-order chi connectivity index (χ0) is 10.0. The monoisotopic (exact) mass is 220 g/mol. The minimum atomic E-state index is -0.115. The van der Waals surface area contributed by atoms with Gasteiger partial charge in [-0.1, -0.05) is 23.2 Å². The largest absolute Gasteiger partial charge is 0.341 e. The second-order valence-electron chi connectivity index (χ2n) is 2.66. The van der Waals surface area contributed by atoms with Crippen LogP contribution in [0.4, 0.5) is 0 Å². The molecular formula is C8H10Cl2N2O. The van der Waals surface area contributed by atoms with E-state index in [4.69, 9.17) is 23.2 Å². The van der Waals surface area contributed by atoms with Crippen LogP contribution in [0.25, 0.3) is 0 Å². The summed E-state index contributed by atoms with van der Waals surface area (Å²) in [7, 11) is 1.71. The van der Waals surface area contributed by atoms with Gasteiger partial charge in [0.2, 0.25) is 0 Å². The van der Waals surface area contributed by atoms with Crippen molar-refractivity contribution in [2.45, 2.75) is 6.92 Å². The third kappa shape index (κ3) is 2.17. The van der Waals surface area contributed by atoms with Gasteiger partial charge in [0.1, 0.15) is 10.8 Å². The lowest BCUT2D eigenvalue weighted by molar-refractivity contribution is 0.0797. The molecule has 1 N–H and O–H groups in total. The van der Waals surface area contributed by atoms with Gasteiger partial charge in [0.25, 0.3) is 5.91 Å². The van der Waals surface area contributed by atoms with Crippen molar-refractivity contribution in [1.29, 1.82) is 0 Å². The highest BCUT2D eigenvalue weighted by molar-refractivity contribution is 6.41. The molecule has 0 saturated heterocycles. The minimum absolute atomic E-state index is 0.115. The van der Waals surface area contributed by atoms with Gasteiger partial charge < -0.3 is 9.88 Å². The summed E-state index contributed by atoms with van der Waals surface area (Å²) in [6.07, 6.45) is 0. The first-order chi connectivity index (χ1) is 6.06. The first kappa shape index (κ1) is 10.4. The number of hydrogen-bond acceptors (Lipinski definition) is 1. The van der Waals surface area contributed by atoms with E-state index in [2.05, 4.69) is 4.98 Å². The summed E-state index contributed by atoms with van der Waals surface area (Å²) < 4.78 is 0. The molecule has 72 valence electrons. The molecule has 0 radical (unpaired) electrons. The van der Waals surface area contributed by atoms with Gasteiger partial charge in [-0.05, 0) is 13.0 Å². The topological polar surface area (TPSA) is 36.1 Å². The maximum Gasteiger partial charge on any atom is 0.270 e. The minimum Gasteiger partial charge on any atom is -0.341 e. The Morgan fingerprint density at radius 2 is 2.23 bits per heavy atom. The smallest absolute Gasteiger partial charge is 0.270 e. The van der Waals surface area contributed by atoms with E-state index in [1.807, 2.05) is 6.92 Å². The highest BCUT2D eigenvalue weighted by Crippen LogP contribution is 2.22. The molecule has 0 saturated carbocycles. The van der Waals surface area contributed by atoms with E-state index in [1.54, 1.807) is 11.9 Å². The maximum absolute atomic E-state index is 11.5. The van der Waals surface area contributed by atoms with Crippen LogP contribution in [0.15, 0.2) is 6.07 Å². The van der Waals surface area contributed by atoms with Crippen molar-refractivity contribution in [2.75, 3.05) is 13.6 Å². The normalized spacial score (nSPS) is 10.2. The van der Waals surface area contributed by atoms with Crippen LogP contribution in [0.5, 0.6) is 0 Å². The zero-order valence-electron chi connectivity index (χ0n) is 7.40. The zero-order valence-corrected chi connectivity index (χ0v) is 8.91. The van der Waals surface area contributed by atoms with Gasteiger partial charge >= 0.3 is 0 Å². The number of halogens is 2. The number of aromatic nitrogens is 1. The van der Waals surface area contributed by atoms with Crippen molar-refractivity contribution in [1.82, 2.24) is 9.88 Å². The van der Waals surface area contributed by atoms with Crippen molar-refractivity contribution >= 4 is 29.1 Å². The lowest BCUT2D eigenvalue weighted by atomic mass is 10.4. The second kappa shape index (κ2) is 4.03. The van der Waals surface area contributed by atoms with Gasteiger partial charge in [0.15, 0.2) is 0 Å². The van der Waals surface area contributed by atoms with Crippen LogP contribution in [-0.4, -0.2) is 29.4 Å². The molecule has 0 aliphatic heterocycles. The van der Waals surface area contributed by atoms with E-state index in [0.29, 0.717) is 22.4 Å². The fourth-order valence-electron chi connectivity index (χ4n) is 0.869. The molecule has 1 rings (SSSR count). The lowest BCUT2D eigenvalue weighted by Crippen LogP contribution is -2.26. The van der Waals surface area contributed by atoms with Gasteiger partial charge in [-0.25, -0.2) is 0 Å². The van der Waals surface area contributed by atoms with Crippen molar-refractivity contribution in [3.8, 4) is 0 Å². The Morgan fingerprint density at radius 1 is 1.62 bits per heavy atom. The van der Waals surface area contributed by atoms with E-state index in [-0.39, 0.29) is 5.91 Å². The van der Waals surface area contributed by atoms with Crippen molar-refractivity contribution in [3.63, 3.8) is 0 Å². The third-order valence-corrected chi connectivity index (χ3v) is 2.47. The van der Waals surface area contributed by atoms with Gasteiger partial charge in [-0.3, -0.25) is 4.79 Å². The maximum atomic E-state index is 11.5. The summed E-state index contributed by atoms with van der Waals surface area (Å²) in [5.41, 5.74) is 0.416. The molecular weight excluding hydrogens is 211 g/mol. The number of nitrogens with zero attached hydrogens (tertiary/aromatic N) is 1. The highest BCUT2D eigenvalue weighted by atomic mass is 35.5. The Labute approximate surface area is 86.6 Å². The van der Waals surface area contributed by atoms with Crippen molar-refractivity contribution in [3.05, 3.63) is 21.9 Å². The van der Waals surface area contributed by atoms with Gasteiger partial charge in [-0.2, -0.15) is 0 Å². The summed E-state index contributed by atoms with van der Waals surface area (Å²) in [6.45, 7) is 2.54. The number of amides is 1. The molecule has 0 spiro atoms. The molecule has 1 amide bonds.